The van der Waals surface area contributed by atoms with E-state index in [1.54, 1.807) is 0 Å². The second kappa shape index (κ2) is 5.10. The Morgan fingerprint density at radius 2 is 1.73 bits per heavy atom. The first-order valence-corrected chi connectivity index (χ1v) is 8.73. The van der Waals surface area contributed by atoms with Crippen LogP contribution in [0.2, 0.25) is 0 Å². The summed E-state index contributed by atoms with van der Waals surface area (Å²) in [5.74, 6) is 1.26. The van der Waals surface area contributed by atoms with E-state index in [4.69, 9.17) is 0 Å². The molecule has 6 atom stereocenters. The summed E-state index contributed by atoms with van der Waals surface area (Å²) in [7, 11) is 0. The largest absolute Gasteiger partial charge is 0.391 e. The van der Waals surface area contributed by atoms with Crippen molar-refractivity contribution in [2.45, 2.75) is 57.5 Å². The maximum Gasteiger partial charge on any atom is 0.391 e. The van der Waals surface area contributed by atoms with Crippen LogP contribution in [0.3, 0.4) is 0 Å². The number of alkyl halides is 3. The molecule has 1 unspecified atom stereocenters. The van der Waals surface area contributed by atoms with Crippen molar-refractivity contribution >= 4 is 5.78 Å². The molecule has 3 fully saturated rings. The Labute approximate surface area is 129 Å². The summed E-state index contributed by atoms with van der Waals surface area (Å²) in [6.07, 6.45) is 4.13. The third-order valence-electron chi connectivity index (χ3n) is 6.99. The van der Waals surface area contributed by atoms with Crippen LogP contribution in [0.5, 0.6) is 0 Å². The van der Waals surface area contributed by atoms with Crippen LogP contribution in [0.15, 0.2) is 11.6 Å². The van der Waals surface area contributed by atoms with Gasteiger partial charge in [0, 0.05) is 6.42 Å². The molecule has 0 bridgehead atoms. The van der Waals surface area contributed by atoms with Gasteiger partial charge in [0.15, 0.2) is 5.78 Å². The van der Waals surface area contributed by atoms with Gasteiger partial charge in [0.1, 0.15) is 0 Å². The van der Waals surface area contributed by atoms with Gasteiger partial charge < -0.3 is 0 Å². The molecule has 122 valence electrons. The molecule has 1 nitrogen and oxygen atoms in total. The van der Waals surface area contributed by atoms with Crippen molar-refractivity contribution in [3.05, 3.63) is 11.6 Å². The molecule has 0 aromatic carbocycles. The smallest absolute Gasteiger partial charge is 0.295 e. The molecule has 3 saturated carbocycles. The van der Waals surface area contributed by atoms with E-state index in [1.165, 1.54) is 5.57 Å². The maximum absolute atomic E-state index is 13.1. The number of fused-ring (bicyclic) bond motifs is 5. The topological polar surface area (TPSA) is 17.1 Å². The fourth-order valence-electron chi connectivity index (χ4n) is 6.10. The highest BCUT2D eigenvalue weighted by Crippen LogP contribution is 2.59. The summed E-state index contributed by atoms with van der Waals surface area (Å²) in [5, 5.41) is 0. The van der Waals surface area contributed by atoms with Crippen LogP contribution >= 0.6 is 0 Å². The molecule has 4 heteroatoms. The van der Waals surface area contributed by atoms with E-state index in [9.17, 15) is 18.0 Å². The monoisotopic (exact) mass is 312 g/mol. The van der Waals surface area contributed by atoms with Crippen molar-refractivity contribution in [1.29, 1.82) is 0 Å². The highest BCUT2D eigenvalue weighted by molar-refractivity contribution is 5.91. The van der Waals surface area contributed by atoms with Crippen LogP contribution in [-0.2, 0) is 4.79 Å². The number of carbonyl (C=O) groups is 1. The number of allylic oxidation sites excluding steroid dienone is 1. The molecule has 0 spiro atoms. The normalized spacial score (nSPS) is 44.9. The third kappa shape index (κ3) is 2.33. The molecule has 4 rings (SSSR count). The van der Waals surface area contributed by atoms with E-state index in [1.807, 2.05) is 6.08 Å². The zero-order valence-electron chi connectivity index (χ0n) is 12.7. The van der Waals surface area contributed by atoms with E-state index in [2.05, 4.69) is 0 Å². The third-order valence-corrected chi connectivity index (χ3v) is 6.99. The summed E-state index contributed by atoms with van der Waals surface area (Å²) in [4.78, 5) is 11.6. The van der Waals surface area contributed by atoms with E-state index < -0.39 is 12.1 Å². The molecule has 0 aromatic heterocycles. The minimum Gasteiger partial charge on any atom is -0.295 e. The molecule has 0 radical (unpaired) electrons. The highest BCUT2D eigenvalue weighted by Gasteiger charge is 2.54. The minimum absolute atomic E-state index is 0.247. The summed E-state index contributed by atoms with van der Waals surface area (Å²) >= 11 is 0. The zero-order chi connectivity index (χ0) is 15.5. The van der Waals surface area contributed by atoms with Crippen LogP contribution in [0.4, 0.5) is 13.2 Å². The number of hydrogen-bond acceptors (Lipinski definition) is 1. The van der Waals surface area contributed by atoms with Crippen molar-refractivity contribution in [2.24, 2.45) is 35.5 Å². The van der Waals surface area contributed by atoms with Gasteiger partial charge in [-0.3, -0.25) is 4.79 Å². The summed E-state index contributed by atoms with van der Waals surface area (Å²) < 4.78 is 39.3. The Morgan fingerprint density at radius 1 is 0.909 bits per heavy atom. The van der Waals surface area contributed by atoms with Gasteiger partial charge >= 0.3 is 6.18 Å². The van der Waals surface area contributed by atoms with Gasteiger partial charge in [-0.2, -0.15) is 13.2 Å². The number of rotatable bonds is 0. The fourth-order valence-corrected chi connectivity index (χ4v) is 6.10. The molecule has 4 aliphatic carbocycles. The predicted octanol–water partition coefficient (Wildman–Crippen LogP) is 4.92. The lowest BCUT2D eigenvalue weighted by atomic mass is 9.56. The van der Waals surface area contributed by atoms with Gasteiger partial charge in [0.2, 0.25) is 0 Å². The number of halogens is 3. The summed E-state index contributed by atoms with van der Waals surface area (Å²) in [6.45, 7) is 0. The minimum atomic E-state index is -4.01. The molecular formula is C18H23F3O. The quantitative estimate of drug-likeness (QED) is 0.620. The van der Waals surface area contributed by atoms with Gasteiger partial charge in [-0.1, -0.05) is 5.57 Å². The average molecular weight is 312 g/mol. The molecule has 0 aliphatic heterocycles. The van der Waals surface area contributed by atoms with E-state index in [0.29, 0.717) is 42.9 Å². The van der Waals surface area contributed by atoms with Crippen LogP contribution in [0, 0.1) is 35.5 Å². The Morgan fingerprint density at radius 3 is 2.50 bits per heavy atom. The van der Waals surface area contributed by atoms with Gasteiger partial charge in [-0.05, 0) is 80.6 Å². The van der Waals surface area contributed by atoms with Crippen molar-refractivity contribution in [2.75, 3.05) is 0 Å². The van der Waals surface area contributed by atoms with Crippen LogP contribution in [0.1, 0.15) is 51.4 Å². The standard InChI is InChI=1S/C18H23F3O/c19-18(20,21)12-7-10-1-4-15-14-6-3-13(22)8-11(14)2-5-16(15)17(10)9-12/h8,10,12,14-17H,1-7,9H2/t10-,12?,14+,15-,16-,17-/m1/s1. The molecular weight excluding hydrogens is 289 g/mol. The Kier molecular flexibility index (Phi) is 3.43. The zero-order valence-corrected chi connectivity index (χ0v) is 12.7. The number of ketones is 1. The maximum atomic E-state index is 13.1. The molecule has 22 heavy (non-hydrogen) atoms. The lowest BCUT2D eigenvalue weighted by Crippen LogP contribution is -2.41. The molecule has 0 heterocycles. The second-order valence-electron chi connectivity index (χ2n) is 7.91. The first kappa shape index (κ1) is 14.8. The first-order chi connectivity index (χ1) is 10.4. The van der Waals surface area contributed by atoms with Crippen LogP contribution in [-0.4, -0.2) is 12.0 Å². The summed E-state index contributed by atoms with van der Waals surface area (Å²) in [6, 6.07) is 0. The van der Waals surface area contributed by atoms with Gasteiger partial charge in [-0.25, -0.2) is 0 Å². The Hall–Kier alpha value is -0.800. The Balaban J connectivity index is 1.55. The van der Waals surface area contributed by atoms with E-state index in [-0.39, 0.29) is 11.7 Å². The van der Waals surface area contributed by atoms with Gasteiger partial charge in [0.05, 0.1) is 5.92 Å². The average Bonchev–Trinajstić information content (AvgIpc) is 2.90. The summed E-state index contributed by atoms with van der Waals surface area (Å²) in [5.41, 5.74) is 1.31. The van der Waals surface area contributed by atoms with Crippen LogP contribution < -0.4 is 0 Å². The lowest BCUT2D eigenvalue weighted by Gasteiger charge is -2.49. The Bertz CT molecular complexity index is 507. The van der Waals surface area contributed by atoms with Crippen molar-refractivity contribution in [1.82, 2.24) is 0 Å². The van der Waals surface area contributed by atoms with Crippen LogP contribution in [0.25, 0.3) is 0 Å². The lowest BCUT2D eigenvalue weighted by molar-refractivity contribution is -0.174. The van der Waals surface area contributed by atoms with Gasteiger partial charge in [0.25, 0.3) is 0 Å². The van der Waals surface area contributed by atoms with Crippen molar-refractivity contribution < 1.29 is 18.0 Å². The van der Waals surface area contributed by atoms with Crippen molar-refractivity contribution in [3.63, 3.8) is 0 Å². The molecule has 0 aromatic rings. The number of hydrogen-bond donors (Lipinski definition) is 0. The van der Waals surface area contributed by atoms with Crippen molar-refractivity contribution in [3.8, 4) is 0 Å². The fraction of sp³-hybridized carbons (Fsp3) is 0.833. The predicted molar refractivity (Wildman–Crippen MR) is 77.0 cm³/mol. The van der Waals surface area contributed by atoms with Gasteiger partial charge in [-0.15, -0.1) is 0 Å². The van der Waals surface area contributed by atoms with E-state index >= 15 is 0 Å². The molecule has 4 aliphatic rings. The highest BCUT2D eigenvalue weighted by atomic mass is 19.4. The SMILES string of the molecule is O=C1C=C2CC[C@H]3[C@@H]4CC(C(F)(F)F)C[C@H]4CC[C@@H]3[C@H]2CC1. The van der Waals surface area contributed by atoms with E-state index in [0.717, 1.165) is 32.1 Å². The number of carbonyl (C=O) groups excluding carboxylic acids is 1. The molecule has 0 amide bonds. The molecule has 0 saturated heterocycles. The second-order valence-corrected chi connectivity index (χ2v) is 7.91. The molecule has 0 N–H and O–H groups in total. The first-order valence-electron chi connectivity index (χ1n) is 8.73.